The molecule has 3 N–H and O–H groups in total. The summed E-state index contributed by atoms with van der Waals surface area (Å²) in [5, 5.41) is 28.3. The Morgan fingerprint density at radius 1 is 1.70 bits per heavy atom. The first-order chi connectivity index (χ1) is 4.16. The summed E-state index contributed by atoms with van der Waals surface area (Å²) in [4.78, 5) is 9.65. The number of aliphatic hydroxyl groups excluding tert-OH is 2. The zero-order chi connectivity index (χ0) is 7.28. The summed E-state index contributed by atoms with van der Waals surface area (Å²) in [6.07, 6.45) is -1.18. The Balaban J connectivity index is 0. The predicted octanol–water partition coefficient (Wildman–Crippen LogP) is -6.36. The van der Waals surface area contributed by atoms with Gasteiger partial charge in [0.2, 0.25) is 0 Å². The summed E-state index contributed by atoms with van der Waals surface area (Å²) >= 11 is 0. The van der Waals surface area contributed by atoms with Crippen LogP contribution in [0.25, 0.3) is 0 Å². The van der Waals surface area contributed by atoms with Crippen LogP contribution in [0.15, 0.2) is 0 Å². The second kappa shape index (κ2) is 7.46. The molecule has 0 aromatic carbocycles. The molecule has 0 amide bonds. The first-order valence-electron chi connectivity index (χ1n) is 2.39. The summed E-state index contributed by atoms with van der Waals surface area (Å²) in [7, 11) is 0. The number of aliphatic hydroxyl groups is 2. The van der Waals surface area contributed by atoms with Gasteiger partial charge in [-0.2, -0.15) is 0 Å². The van der Waals surface area contributed by atoms with Crippen LogP contribution >= 0.6 is 0 Å². The third kappa shape index (κ3) is 8.35. The maximum atomic E-state index is 9.65. The molecule has 0 aromatic rings. The van der Waals surface area contributed by atoms with Crippen molar-refractivity contribution in [1.29, 1.82) is 0 Å². The molecule has 0 radical (unpaired) electrons. The van der Waals surface area contributed by atoms with E-state index < -0.39 is 25.3 Å². The van der Waals surface area contributed by atoms with Crippen LogP contribution in [0.4, 0.5) is 0 Å². The molecule has 54 valence electrons. The summed E-state index contributed by atoms with van der Waals surface area (Å²) in [5.41, 5.74) is 0. The topological polar surface area (TPSA) is 92.6 Å². The zero-order valence-electron chi connectivity index (χ0n) is 5.70. The van der Waals surface area contributed by atoms with E-state index >= 15 is 0 Å². The van der Waals surface area contributed by atoms with Crippen molar-refractivity contribution in [3.05, 3.63) is 0 Å². The molecule has 0 rings (SSSR count). The van der Waals surface area contributed by atoms with E-state index in [0.717, 1.165) is 0 Å². The first kappa shape index (κ1) is 13.0. The third-order valence-electron chi connectivity index (χ3n) is 0.655. The van der Waals surface area contributed by atoms with Gasteiger partial charge in [-0.15, -0.1) is 0 Å². The Morgan fingerprint density at radius 3 is 2.50 bits per heavy atom. The minimum absolute atomic E-state index is 0. The molecule has 0 fully saturated rings. The normalized spacial score (nSPS) is 11.8. The minimum atomic E-state index is -1.32. The van der Waals surface area contributed by atoms with Crippen LogP contribution in [0.1, 0.15) is 0 Å². The van der Waals surface area contributed by atoms with Gasteiger partial charge in [0.05, 0.1) is 12.6 Å². The number of hydrogen-bond acceptors (Lipinski definition) is 5. The van der Waals surface area contributed by atoms with Gasteiger partial charge in [-0.05, 0) is 0 Å². The number of carbonyl (C=O) groups excluding carboxylic acids is 1. The number of carboxylic acids is 1. The van der Waals surface area contributed by atoms with E-state index in [9.17, 15) is 9.90 Å². The fourth-order valence-corrected chi connectivity index (χ4v) is 0.266. The average molecular weight is 157 g/mol. The van der Waals surface area contributed by atoms with Crippen LogP contribution < -0.4 is 40.0 Å². The van der Waals surface area contributed by atoms with E-state index in [0.29, 0.717) is 0 Å². The van der Waals surface area contributed by atoms with E-state index in [1.54, 1.807) is 0 Å². The van der Waals surface area contributed by atoms with Crippen molar-refractivity contribution < 1.29 is 49.7 Å². The Hall–Kier alpha value is 0.350. The fraction of sp³-hybridized carbons (Fsp3) is 0.750. The molecule has 0 aromatic heterocycles. The Labute approximate surface area is 80.3 Å². The van der Waals surface area contributed by atoms with Crippen LogP contribution in [-0.2, 0) is 4.79 Å². The monoisotopic (exact) mass is 157 g/mol. The number of carbonyl (C=O) groups is 1. The van der Waals surface area contributed by atoms with Crippen molar-refractivity contribution in [2.75, 3.05) is 13.2 Å². The minimum Gasteiger partial charge on any atom is -0.549 e. The zero-order valence-corrected chi connectivity index (χ0v) is 7.70. The number of nitrogens with one attached hydrogen (secondary N) is 1. The average Bonchev–Trinajstić information content (AvgIpc) is 1.83. The molecular weight excluding hydrogens is 149 g/mol. The molecule has 1 atom stereocenters. The van der Waals surface area contributed by atoms with Crippen molar-refractivity contribution in [3.8, 4) is 0 Å². The molecule has 6 heteroatoms. The molecule has 0 aliphatic carbocycles. The van der Waals surface area contributed by atoms with E-state index in [2.05, 4.69) is 5.32 Å². The molecule has 0 bridgehead atoms. The van der Waals surface area contributed by atoms with E-state index in [1.165, 1.54) is 0 Å². The predicted molar refractivity (Wildman–Crippen MR) is 26.1 cm³/mol. The van der Waals surface area contributed by atoms with Gasteiger partial charge in [-0.25, -0.2) is 0 Å². The summed E-state index contributed by atoms with van der Waals surface area (Å²) in [5.74, 6) is -1.32. The van der Waals surface area contributed by atoms with Crippen molar-refractivity contribution in [3.63, 3.8) is 0 Å². The van der Waals surface area contributed by atoms with Gasteiger partial charge in [-0.3, -0.25) is 5.32 Å². The summed E-state index contributed by atoms with van der Waals surface area (Å²) in [6.45, 7) is -0.963. The van der Waals surface area contributed by atoms with Gasteiger partial charge in [-0.1, -0.05) is 0 Å². The van der Waals surface area contributed by atoms with Crippen molar-refractivity contribution in [2.24, 2.45) is 0 Å². The Bertz CT molecular complexity index is 99.3. The molecular formula is C4H8NNaO4. The molecule has 0 spiro atoms. The molecule has 0 aliphatic heterocycles. The number of carboxylic acid groups (broad SMARTS) is 1. The van der Waals surface area contributed by atoms with Crippen LogP contribution in [0.5, 0.6) is 0 Å². The Morgan fingerprint density at radius 2 is 2.20 bits per heavy atom. The number of aliphatic carboxylic acids is 1. The largest absolute Gasteiger partial charge is 1.00 e. The molecule has 5 nitrogen and oxygen atoms in total. The van der Waals surface area contributed by atoms with E-state index in [4.69, 9.17) is 10.2 Å². The molecule has 0 saturated heterocycles. The SMILES string of the molecule is O=C([O-])CNC(O)CO.[Na+]. The van der Waals surface area contributed by atoms with Crippen LogP contribution in [0.2, 0.25) is 0 Å². The van der Waals surface area contributed by atoms with Crippen LogP contribution in [0, 0.1) is 0 Å². The van der Waals surface area contributed by atoms with Crippen molar-refractivity contribution >= 4 is 5.97 Å². The van der Waals surface area contributed by atoms with Gasteiger partial charge >= 0.3 is 29.6 Å². The van der Waals surface area contributed by atoms with Gasteiger partial charge in [0.1, 0.15) is 6.23 Å². The smallest absolute Gasteiger partial charge is 0.549 e. The maximum absolute atomic E-state index is 9.65. The van der Waals surface area contributed by atoms with Gasteiger partial charge < -0.3 is 20.1 Å². The van der Waals surface area contributed by atoms with Gasteiger partial charge in [0.25, 0.3) is 0 Å². The van der Waals surface area contributed by atoms with Crippen molar-refractivity contribution in [2.45, 2.75) is 6.23 Å². The van der Waals surface area contributed by atoms with Gasteiger partial charge in [0.15, 0.2) is 0 Å². The maximum Gasteiger partial charge on any atom is 1.00 e. The van der Waals surface area contributed by atoms with E-state index in [-0.39, 0.29) is 29.6 Å². The second-order valence-corrected chi connectivity index (χ2v) is 1.45. The number of hydrogen-bond donors (Lipinski definition) is 3. The standard InChI is InChI=1S/C4H9NO4.Na/c6-2-3(7)5-1-4(8)9;/h3,5-7H,1-2H2,(H,8,9);/q;+1/p-1. The second-order valence-electron chi connectivity index (χ2n) is 1.45. The Kier molecular flexibility index (Phi) is 9.68. The third-order valence-corrected chi connectivity index (χ3v) is 0.655. The van der Waals surface area contributed by atoms with Gasteiger partial charge in [0, 0.05) is 6.54 Å². The summed E-state index contributed by atoms with van der Waals surface area (Å²) < 4.78 is 0. The molecule has 0 heterocycles. The molecule has 10 heavy (non-hydrogen) atoms. The quantitative estimate of drug-likeness (QED) is 0.279. The molecule has 0 saturated carbocycles. The first-order valence-corrected chi connectivity index (χ1v) is 2.39. The molecule has 1 unspecified atom stereocenters. The molecule has 0 aliphatic rings. The van der Waals surface area contributed by atoms with Crippen LogP contribution in [0.3, 0.4) is 0 Å². The fourth-order valence-electron chi connectivity index (χ4n) is 0.266. The number of rotatable bonds is 4. The summed E-state index contributed by atoms with van der Waals surface area (Å²) in [6, 6.07) is 0. The van der Waals surface area contributed by atoms with Crippen LogP contribution in [-0.4, -0.2) is 35.6 Å². The van der Waals surface area contributed by atoms with Crippen molar-refractivity contribution in [1.82, 2.24) is 5.32 Å². The van der Waals surface area contributed by atoms with E-state index in [1.807, 2.05) is 0 Å².